The second-order valence-corrected chi connectivity index (χ2v) is 5.43. The second kappa shape index (κ2) is 4.92. The summed E-state index contributed by atoms with van der Waals surface area (Å²) in [6.07, 6.45) is 1.65. The zero-order valence-corrected chi connectivity index (χ0v) is 10.0. The van der Waals surface area contributed by atoms with Crippen molar-refractivity contribution in [2.45, 2.75) is 0 Å². The Morgan fingerprint density at radius 3 is 2.33 bits per heavy atom. The number of benzene rings is 1. The molecular formula is C11H7ClOS2. The third-order valence-electron chi connectivity index (χ3n) is 1.80. The van der Waals surface area contributed by atoms with Crippen LogP contribution in [0.2, 0.25) is 5.02 Å². The predicted octanol–water partition coefficient (Wildman–Crippen LogP) is 4.32. The molecule has 1 aliphatic rings. The van der Waals surface area contributed by atoms with Crippen molar-refractivity contribution in [1.82, 2.24) is 0 Å². The minimum absolute atomic E-state index is 0.0189. The lowest BCUT2D eigenvalue weighted by atomic mass is 10.1. The van der Waals surface area contributed by atoms with Gasteiger partial charge in [0.2, 0.25) is 0 Å². The number of thioether (sulfide) groups is 2. The molecule has 0 saturated carbocycles. The summed E-state index contributed by atoms with van der Waals surface area (Å²) in [4.78, 5) is 11.7. The molecule has 1 aliphatic heterocycles. The van der Waals surface area contributed by atoms with Crippen LogP contribution < -0.4 is 0 Å². The van der Waals surface area contributed by atoms with Gasteiger partial charge in [0.1, 0.15) is 0 Å². The molecule has 0 fully saturated rings. The minimum atomic E-state index is 0.0189. The van der Waals surface area contributed by atoms with Crippen molar-refractivity contribution >= 4 is 40.9 Å². The predicted molar refractivity (Wildman–Crippen MR) is 68.2 cm³/mol. The summed E-state index contributed by atoms with van der Waals surface area (Å²) in [7, 11) is 0. The van der Waals surface area contributed by atoms with E-state index in [2.05, 4.69) is 0 Å². The maximum atomic E-state index is 11.7. The van der Waals surface area contributed by atoms with Crippen LogP contribution in [0.1, 0.15) is 10.4 Å². The van der Waals surface area contributed by atoms with Crippen LogP contribution in [0.25, 0.3) is 0 Å². The molecule has 1 aromatic rings. The monoisotopic (exact) mass is 254 g/mol. The maximum Gasteiger partial charge on any atom is 0.187 e. The van der Waals surface area contributed by atoms with Gasteiger partial charge in [-0.3, -0.25) is 4.79 Å². The average Bonchev–Trinajstić information content (AvgIpc) is 2.71. The zero-order valence-electron chi connectivity index (χ0n) is 7.64. The third kappa shape index (κ3) is 2.91. The molecule has 0 saturated heterocycles. The zero-order chi connectivity index (χ0) is 10.7. The number of carbonyl (C=O) groups is 1. The highest BCUT2D eigenvalue weighted by molar-refractivity contribution is 8.27. The Labute approximate surface area is 102 Å². The number of hydrogen-bond donors (Lipinski definition) is 0. The van der Waals surface area contributed by atoms with Crippen LogP contribution in [0.5, 0.6) is 0 Å². The fourth-order valence-corrected chi connectivity index (χ4v) is 2.83. The molecule has 0 radical (unpaired) electrons. The first-order valence-corrected chi connectivity index (χ1v) is 6.39. The summed E-state index contributed by atoms with van der Waals surface area (Å²) in [5, 5.41) is 4.57. The standard InChI is InChI=1S/C11H7ClOS2/c12-9-3-1-8(2-4-9)10(13)7-11-14-5-6-15-11/h1-7H. The van der Waals surface area contributed by atoms with E-state index in [1.54, 1.807) is 53.9 Å². The van der Waals surface area contributed by atoms with Crippen molar-refractivity contribution < 1.29 is 4.79 Å². The number of rotatable bonds is 2. The highest BCUT2D eigenvalue weighted by Gasteiger charge is 2.07. The normalized spacial score (nSPS) is 14.3. The Kier molecular flexibility index (Phi) is 3.57. The summed E-state index contributed by atoms with van der Waals surface area (Å²) < 4.78 is 1.01. The van der Waals surface area contributed by atoms with Crippen LogP contribution in [0.15, 0.2) is 45.4 Å². The largest absolute Gasteiger partial charge is 0.289 e. The van der Waals surface area contributed by atoms with E-state index >= 15 is 0 Å². The van der Waals surface area contributed by atoms with Gasteiger partial charge in [0, 0.05) is 16.7 Å². The lowest BCUT2D eigenvalue weighted by molar-refractivity contribution is 0.104. The van der Waals surface area contributed by atoms with Gasteiger partial charge in [-0.2, -0.15) is 0 Å². The molecule has 4 heteroatoms. The Balaban J connectivity index is 2.14. The van der Waals surface area contributed by atoms with Gasteiger partial charge in [-0.15, -0.1) is 0 Å². The molecule has 76 valence electrons. The fraction of sp³-hybridized carbons (Fsp3) is 0. The van der Waals surface area contributed by atoms with Crippen molar-refractivity contribution in [3.8, 4) is 0 Å². The van der Waals surface area contributed by atoms with Crippen LogP contribution in [0, 0.1) is 0 Å². The molecule has 1 heterocycles. The van der Waals surface area contributed by atoms with E-state index in [9.17, 15) is 4.79 Å². The van der Waals surface area contributed by atoms with Gasteiger partial charge in [0.15, 0.2) is 5.78 Å². The summed E-state index contributed by atoms with van der Waals surface area (Å²) in [5.74, 6) is 0.0189. The average molecular weight is 255 g/mol. The van der Waals surface area contributed by atoms with E-state index < -0.39 is 0 Å². The number of ketones is 1. The molecule has 0 N–H and O–H groups in total. The molecule has 0 bridgehead atoms. The fourth-order valence-electron chi connectivity index (χ4n) is 1.09. The van der Waals surface area contributed by atoms with E-state index in [1.165, 1.54) is 0 Å². The molecule has 0 unspecified atom stereocenters. The molecule has 1 aromatic carbocycles. The van der Waals surface area contributed by atoms with Crippen LogP contribution in [0.3, 0.4) is 0 Å². The SMILES string of the molecule is O=C(C=C1SC=CS1)c1ccc(Cl)cc1. The van der Waals surface area contributed by atoms with Crippen molar-refractivity contribution in [2.75, 3.05) is 0 Å². The first-order chi connectivity index (χ1) is 7.25. The first kappa shape index (κ1) is 10.9. The summed E-state index contributed by atoms with van der Waals surface area (Å²) in [5.41, 5.74) is 0.667. The van der Waals surface area contributed by atoms with Crippen molar-refractivity contribution in [3.05, 3.63) is 56.0 Å². The Hall–Kier alpha value is -0.640. The van der Waals surface area contributed by atoms with Crippen molar-refractivity contribution in [1.29, 1.82) is 0 Å². The molecule has 0 aromatic heterocycles. The molecule has 0 spiro atoms. The molecule has 1 nitrogen and oxygen atoms in total. The number of hydrogen-bond acceptors (Lipinski definition) is 3. The number of carbonyl (C=O) groups excluding carboxylic acids is 1. The van der Waals surface area contributed by atoms with E-state index in [-0.39, 0.29) is 5.78 Å². The molecule has 0 aliphatic carbocycles. The van der Waals surface area contributed by atoms with Gasteiger partial charge < -0.3 is 0 Å². The lowest BCUT2D eigenvalue weighted by Crippen LogP contribution is -1.93. The van der Waals surface area contributed by atoms with Crippen LogP contribution in [0.4, 0.5) is 0 Å². The van der Waals surface area contributed by atoms with Crippen molar-refractivity contribution in [2.24, 2.45) is 0 Å². The highest BCUT2D eigenvalue weighted by Crippen LogP contribution is 2.37. The van der Waals surface area contributed by atoms with Gasteiger partial charge in [-0.1, -0.05) is 35.1 Å². The Morgan fingerprint density at radius 1 is 1.13 bits per heavy atom. The van der Waals surface area contributed by atoms with Gasteiger partial charge in [-0.25, -0.2) is 0 Å². The summed E-state index contributed by atoms with van der Waals surface area (Å²) in [6, 6.07) is 6.92. The van der Waals surface area contributed by atoms with E-state index in [4.69, 9.17) is 11.6 Å². The second-order valence-electron chi connectivity index (χ2n) is 2.84. The highest BCUT2D eigenvalue weighted by atomic mass is 35.5. The molecule has 2 rings (SSSR count). The first-order valence-electron chi connectivity index (χ1n) is 4.25. The third-order valence-corrected chi connectivity index (χ3v) is 4.05. The lowest BCUT2D eigenvalue weighted by Gasteiger charge is -1.97. The quantitative estimate of drug-likeness (QED) is 0.578. The van der Waals surface area contributed by atoms with E-state index in [0.29, 0.717) is 10.6 Å². The van der Waals surface area contributed by atoms with Crippen LogP contribution >= 0.6 is 35.1 Å². The smallest absolute Gasteiger partial charge is 0.187 e. The van der Waals surface area contributed by atoms with Crippen LogP contribution in [-0.4, -0.2) is 5.78 Å². The number of halogens is 1. The van der Waals surface area contributed by atoms with Gasteiger partial charge >= 0.3 is 0 Å². The van der Waals surface area contributed by atoms with Gasteiger partial charge in [0.05, 0.1) is 4.24 Å². The minimum Gasteiger partial charge on any atom is -0.289 e. The van der Waals surface area contributed by atoms with Gasteiger partial charge in [-0.05, 0) is 35.1 Å². The Morgan fingerprint density at radius 2 is 1.73 bits per heavy atom. The van der Waals surface area contributed by atoms with E-state index in [1.807, 2.05) is 10.8 Å². The Bertz CT molecular complexity index is 424. The van der Waals surface area contributed by atoms with Gasteiger partial charge in [0.25, 0.3) is 0 Å². The van der Waals surface area contributed by atoms with E-state index in [0.717, 1.165) is 4.24 Å². The maximum absolute atomic E-state index is 11.7. The summed E-state index contributed by atoms with van der Waals surface area (Å²) >= 11 is 8.87. The molecule has 15 heavy (non-hydrogen) atoms. The van der Waals surface area contributed by atoms with Crippen molar-refractivity contribution in [3.63, 3.8) is 0 Å². The molecular weight excluding hydrogens is 248 g/mol. The number of allylic oxidation sites excluding steroid dienone is 1. The van der Waals surface area contributed by atoms with Crippen LogP contribution in [-0.2, 0) is 0 Å². The molecule has 0 atom stereocenters. The topological polar surface area (TPSA) is 17.1 Å². The molecule has 0 amide bonds. The summed E-state index contributed by atoms with van der Waals surface area (Å²) in [6.45, 7) is 0.